The van der Waals surface area contributed by atoms with Gasteiger partial charge < -0.3 is 10.1 Å². The van der Waals surface area contributed by atoms with Crippen LogP contribution in [0.4, 0.5) is 0 Å². The predicted molar refractivity (Wildman–Crippen MR) is 102 cm³/mol. The van der Waals surface area contributed by atoms with Gasteiger partial charge in [0.15, 0.2) is 0 Å². The summed E-state index contributed by atoms with van der Waals surface area (Å²) < 4.78 is 5.35. The lowest BCUT2D eigenvalue weighted by molar-refractivity contribution is -0.147. The molecule has 0 spiro atoms. The summed E-state index contributed by atoms with van der Waals surface area (Å²) in [6, 6.07) is 17.0. The number of nitrogens with zero attached hydrogens (tertiary/aromatic N) is 1. The van der Waals surface area contributed by atoms with Crippen molar-refractivity contribution in [2.45, 2.75) is 19.1 Å². The number of rotatable bonds is 8. The molecular weight excluding hydrogens is 348 g/mol. The fourth-order valence-electron chi connectivity index (χ4n) is 2.32. The van der Waals surface area contributed by atoms with Crippen molar-refractivity contribution in [3.05, 3.63) is 71.3 Å². The average molecular weight is 368 g/mol. The van der Waals surface area contributed by atoms with E-state index in [0.717, 1.165) is 0 Å². The zero-order valence-electron chi connectivity index (χ0n) is 14.5. The van der Waals surface area contributed by atoms with Crippen LogP contribution < -0.4 is 5.32 Å². The van der Waals surface area contributed by atoms with Crippen LogP contribution >= 0.6 is 11.8 Å². The van der Waals surface area contributed by atoms with Crippen LogP contribution in [0, 0.1) is 11.3 Å². The van der Waals surface area contributed by atoms with Gasteiger partial charge in [0.2, 0.25) is 0 Å². The van der Waals surface area contributed by atoms with Crippen molar-refractivity contribution < 1.29 is 14.3 Å². The first-order valence-corrected chi connectivity index (χ1v) is 9.54. The summed E-state index contributed by atoms with van der Waals surface area (Å²) in [6.07, 6.45) is 2.41. The Labute approximate surface area is 157 Å². The van der Waals surface area contributed by atoms with Crippen molar-refractivity contribution in [1.82, 2.24) is 5.32 Å². The van der Waals surface area contributed by atoms with E-state index in [2.05, 4.69) is 11.4 Å². The number of benzene rings is 2. The Balaban J connectivity index is 2.02. The number of amides is 1. The van der Waals surface area contributed by atoms with Crippen LogP contribution in [0.2, 0.25) is 0 Å². The summed E-state index contributed by atoms with van der Waals surface area (Å²) in [5.74, 6) is -0.106. The van der Waals surface area contributed by atoms with Crippen LogP contribution in [0.1, 0.15) is 27.9 Å². The van der Waals surface area contributed by atoms with E-state index in [1.54, 1.807) is 60.3 Å². The molecule has 1 atom stereocenters. The molecule has 0 unspecified atom stereocenters. The van der Waals surface area contributed by atoms with Crippen LogP contribution in [0.15, 0.2) is 54.6 Å². The molecule has 2 aromatic carbocycles. The number of nitriles is 1. The van der Waals surface area contributed by atoms with E-state index in [1.807, 2.05) is 12.3 Å². The molecule has 0 radical (unpaired) electrons. The zero-order chi connectivity index (χ0) is 18.8. The average Bonchev–Trinajstić information content (AvgIpc) is 2.69. The van der Waals surface area contributed by atoms with Gasteiger partial charge in [0.05, 0.1) is 11.6 Å². The molecule has 134 valence electrons. The zero-order valence-corrected chi connectivity index (χ0v) is 15.3. The maximum atomic E-state index is 12.5. The van der Waals surface area contributed by atoms with Crippen molar-refractivity contribution in [3.8, 4) is 6.07 Å². The van der Waals surface area contributed by atoms with Crippen LogP contribution in [-0.2, 0) is 16.1 Å². The molecule has 2 rings (SSSR count). The molecule has 0 aliphatic rings. The molecular formula is C20H20N2O3S. The minimum Gasteiger partial charge on any atom is -0.459 e. The minimum absolute atomic E-state index is 0.000454. The van der Waals surface area contributed by atoms with Crippen molar-refractivity contribution >= 4 is 23.6 Å². The highest BCUT2D eigenvalue weighted by Crippen LogP contribution is 2.11. The Bertz CT molecular complexity index is 787. The van der Waals surface area contributed by atoms with E-state index in [4.69, 9.17) is 10.00 Å². The molecule has 0 fully saturated rings. The molecule has 1 amide bonds. The first kappa shape index (κ1) is 19.5. The molecule has 0 heterocycles. The first-order valence-electron chi connectivity index (χ1n) is 8.15. The van der Waals surface area contributed by atoms with Gasteiger partial charge in [-0.2, -0.15) is 17.0 Å². The summed E-state index contributed by atoms with van der Waals surface area (Å²) in [7, 11) is 0. The number of carbonyl (C=O) groups excluding carboxylic acids is 2. The van der Waals surface area contributed by atoms with Gasteiger partial charge in [0, 0.05) is 11.1 Å². The minimum atomic E-state index is -0.732. The summed E-state index contributed by atoms with van der Waals surface area (Å²) in [6.45, 7) is -0.000454. The van der Waals surface area contributed by atoms with E-state index >= 15 is 0 Å². The highest BCUT2D eigenvalue weighted by Gasteiger charge is 2.22. The van der Waals surface area contributed by atoms with E-state index in [9.17, 15) is 9.59 Å². The molecule has 0 aliphatic heterocycles. The lowest BCUT2D eigenvalue weighted by atomic mass is 10.1. The van der Waals surface area contributed by atoms with Crippen molar-refractivity contribution in [2.75, 3.05) is 12.0 Å². The summed E-state index contributed by atoms with van der Waals surface area (Å²) in [5.41, 5.74) is 1.60. The van der Waals surface area contributed by atoms with Gasteiger partial charge >= 0.3 is 5.97 Å². The van der Waals surface area contributed by atoms with E-state index in [-0.39, 0.29) is 12.5 Å². The van der Waals surface area contributed by atoms with Gasteiger partial charge in [-0.05, 0) is 36.6 Å². The third kappa shape index (κ3) is 5.64. The molecule has 6 heteroatoms. The highest BCUT2D eigenvalue weighted by atomic mass is 32.2. The topological polar surface area (TPSA) is 79.2 Å². The second-order valence-electron chi connectivity index (χ2n) is 5.55. The Morgan fingerprint density at radius 3 is 2.54 bits per heavy atom. The number of hydrogen-bond acceptors (Lipinski definition) is 5. The van der Waals surface area contributed by atoms with E-state index < -0.39 is 12.0 Å². The van der Waals surface area contributed by atoms with E-state index in [0.29, 0.717) is 28.9 Å². The van der Waals surface area contributed by atoms with E-state index in [1.165, 1.54) is 0 Å². The van der Waals surface area contributed by atoms with Gasteiger partial charge in [-0.3, -0.25) is 4.79 Å². The van der Waals surface area contributed by atoms with Crippen LogP contribution in [0.25, 0.3) is 0 Å². The highest BCUT2D eigenvalue weighted by molar-refractivity contribution is 7.98. The fraction of sp³-hybridized carbons (Fsp3) is 0.250. The molecule has 5 nitrogen and oxygen atoms in total. The van der Waals surface area contributed by atoms with Gasteiger partial charge in [0.1, 0.15) is 12.6 Å². The summed E-state index contributed by atoms with van der Waals surface area (Å²) in [5, 5.41) is 11.8. The number of esters is 1. The van der Waals surface area contributed by atoms with Crippen LogP contribution in [0.5, 0.6) is 0 Å². The van der Waals surface area contributed by atoms with Crippen molar-refractivity contribution in [1.29, 1.82) is 5.26 Å². The van der Waals surface area contributed by atoms with Crippen LogP contribution in [0.3, 0.4) is 0 Å². The summed E-state index contributed by atoms with van der Waals surface area (Å²) >= 11 is 1.59. The number of thioether (sulfide) groups is 1. The number of carbonyl (C=O) groups is 2. The monoisotopic (exact) mass is 368 g/mol. The second kappa shape index (κ2) is 10.3. The smallest absolute Gasteiger partial charge is 0.329 e. The molecule has 0 saturated heterocycles. The largest absolute Gasteiger partial charge is 0.459 e. The fourth-order valence-corrected chi connectivity index (χ4v) is 2.79. The number of nitrogens with one attached hydrogen (secondary N) is 1. The number of hydrogen-bond donors (Lipinski definition) is 1. The molecule has 0 saturated carbocycles. The van der Waals surface area contributed by atoms with Gasteiger partial charge in [-0.1, -0.05) is 36.4 Å². The Morgan fingerprint density at radius 1 is 1.15 bits per heavy atom. The molecule has 2 aromatic rings. The summed E-state index contributed by atoms with van der Waals surface area (Å²) in [4.78, 5) is 24.8. The Kier molecular flexibility index (Phi) is 7.72. The SMILES string of the molecule is CSCC[C@@H](NC(=O)c1ccccc1)C(=O)OCc1ccccc1C#N. The van der Waals surface area contributed by atoms with Crippen molar-refractivity contribution in [3.63, 3.8) is 0 Å². The number of ether oxygens (including phenoxy) is 1. The molecule has 26 heavy (non-hydrogen) atoms. The first-order chi connectivity index (χ1) is 12.7. The normalized spacial score (nSPS) is 11.2. The standard InChI is InChI=1S/C20H20N2O3S/c1-26-12-11-18(22-19(23)15-7-3-2-4-8-15)20(24)25-14-17-10-6-5-9-16(17)13-21/h2-10,18H,11-12,14H2,1H3,(H,22,23)/t18-/m1/s1. The maximum absolute atomic E-state index is 12.5. The molecule has 0 bridgehead atoms. The molecule has 0 aromatic heterocycles. The van der Waals surface area contributed by atoms with Crippen molar-refractivity contribution in [2.24, 2.45) is 0 Å². The third-order valence-electron chi connectivity index (χ3n) is 3.74. The Morgan fingerprint density at radius 2 is 1.85 bits per heavy atom. The quantitative estimate of drug-likeness (QED) is 0.724. The third-order valence-corrected chi connectivity index (χ3v) is 4.39. The second-order valence-corrected chi connectivity index (χ2v) is 6.54. The molecule has 0 aliphatic carbocycles. The van der Waals surface area contributed by atoms with Gasteiger partial charge in [-0.25, -0.2) is 4.79 Å². The van der Waals surface area contributed by atoms with Gasteiger partial charge in [0.25, 0.3) is 5.91 Å². The van der Waals surface area contributed by atoms with Crippen LogP contribution in [-0.4, -0.2) is 29.9 Å². The predicted octanol–water partition coefficient (Wildman–Crippen LogP) is 3.15. The lowest BCUT2D eigenvalue weighted by Gasteiger charge is -2.17. The lowest BCUT2D eigenvalue weighted by Crippen LogP contribution is -2.42. The van der Waals surface area contributed by atoms with Gasteiger partial charge in [-0.15, -0.1) is 0 Å². The maximum Gasteiger partial charge on any atom is 0.329 e. The molecule has 1 N–H and O–H groups in total. The Hall–Kier alpha value is -2.78.